The number of nitrogens with zero attached hydrogens (tertiary/aromatic N) is 3. The molecule has 0 atom stereocenters. The molecule has 3 aromatic rings. The summed E-state index contributed by atoms with van der Waals surface area (Å²) >= 11 is 0. The van der Waals surface area contributed by atoms with Gasteiger partial charge in [-0.3, -0.25) is 19.1 Å². The van der Waals surface area contributed by atoms with Gasteiger partial charge in [0.15, 0.2) is 6.61 Å². The molecular formula is C22H24N4O4. The van der Waals surface area contributed by atoms with E-state index < -0.39 is 5.91 Å². The fourth-order valence-corrected chi connectivity index (χ4v) is 2.94. The van der Waals surface area contributed by atoms with E-state index in [4.69, 9.17) is 4.74 Å². The van der Waals surface area contributed by atoms with Crippen LogP contribution in [0.1, 0.15) is 16.1 Å². The number of likely N-dealkylation sites (N-methyl/N-ethyl adjacent to an activating group) is 1. The summed E-state index contributed by atoms with van der Waals surface area (Å²) in [6.45, 7) is 1.57. The number of ether oxygens (including phenoxy) is 1. The van der Waals surface area contributed by atoms with E-state index in [0.717, 1.165) is 0 Å². The molecule has 8 heteroatoms. The third kappa shape index (κ3) is 4.12. The summed E-state index contributed by atoms with van der Waals surface area (Å²) in [5.41, 5.74) is 1.39. The van der Waals surface area contributed by atoms with Crippen molar-refractivity contribution in [3.63, 3.8) is 0 Å². The highest BCUT2D eigenvalue weighted by atomic mass is 16.5. The van der Waals surface area contributed by atoms with E-state index in [-0.39, 0.29) is 35.1 Å². The van der Waals surface area contributed by atoms with Gasteiger partial charge in [-0.15, -0.1) is 0 Å². The maximum absolute atomic E-state index is 13.0. The van der Waals surface area contributed by atoms with Gasteiger partial charge in [-0.1, -0.05) is 30.3 Å². The first-order chi connectivity index (χ1) is 14.3. The van der Waals surface area contributed by atoms with E-state index in [9.17, 15) is 14.4 Å². The summed E-state index contributed by atoms with van der Waals surface area (Å²) in [5, 5.41) is 2.71. The quantitative estimate of drug-likeness (QED) is 0.678. The van der Waals surface area contributed by atoms with Gasteiger partial charge in [-0.2, -0.15) is 0 Å². The Morgan fingerprint density at radius 1 is 1.03 bits per heavy atom. The summed E-state index contributed by atoms with van der Waals surface area (Å²) in [4.78, 5) is 39.1. The largest absolute Gasteiger partial charge is 0.483 e. The van der Waals surface area contributed by atoms with Gasteiger partial charge < -0.3 is 15.0 Å². The zero-order valence-corrected chi connectivity index (χ0v) is 17.4. The van der Waals surface area contributed by atoms with Gasteiger partial charge in [0.05, 0.1) is 16.9 Å². The topological polar surface area (TPSA) is 85.6 Å². The lowest BCUT2D eigenvalue weighted by Crippen LogP contribution is -2.28. The molecule has 0 aliphatic heterocycles. The van der Waals surface area contributed by atoms with Gasteiger partial charge in [0.2, 0.25) is 0 Å². The number of carbonyl (C=O) groups excluding carboxylic acids is 2. The SMILES string of the molecule is Cc1c(NC(=O)c2ccccc2OCC(=O)N(C)C)c(=O)n(-c2ccccc2)n1C. The third-order valence-electron chi connectivity index (χ3n) is 4.77. The van der Waals surface area contributed by atoms with E-state index in [2.05, 4.69) is 5.32 Å². The number of aromatic nitrogens is 2. The molecule has 0 fully saturated rings. The molecule has 30 heavy (non-hydrogen) atoms. The summed E-state index contributed by atoms with van der Waals surface area (Å²) in [7, 11) is 5.00. The van der Waals surface area contributed by atoms with Crippen molar-refractivity contribution >= 4 is 17.5 Å². The summed E-state index contributed by atoms with van der Waals surface area (Å²) in [5.74, 6) is -0.453. The minimum atomic E-state index is -0.492. The normalized spacial score (nSPS) is 10.5. The van der Waals surface area contributed by atoms with Crippen LogP contribution in [0, 0.1) is 6.92 Å². The van der Waals surface area contributed by atoms with Gasteiger partial charge in [0.25, 0.3) is 17.4 Å². The molecule has 0 bridgehead atoms. The van der Waals surface area contributed by atoms with E-state index in [1.54, 1.807) is 57.0 Å². The molecule has 0 saturated carbocycles. The minimum Gasteiger partial charge on any atom is -0.483 e. The Morgan fingerprint density at radius 3 is 2.33 bits per heavy atom. The molecule has 1 aromatic heterocycles. The standard InChI is InChI=1S/C22H24N4O4/c1-15-20(22(29)26(25(15)4)16-10-6-5-7-11-16)23-21(28)17-12-8-9-13-18(17)30-14-19(27)24(2)3/h5-13H,14H2,1-4H3,(H,23,28). The second-order valence-corrected chi connectivity index (χ2v) is 6.96. The maximum Gasteiger partial charge on any atom is 0.295 e. The van der Waals surface area contributed by atoms with Crippen LogP contribution < -0.4 is 15.6 Å². The van der Waals surface area contributed by atoms with Crippen molar-refractivity contribution in [1.29, 1.82) is 0 Å². The molecule has 1 heterocycles. The van der Waals surface area contributed by atoms with Crippen LogP contribution in [0.2, 0.25) is 0 Å². The van der Waals surface area contributed by atoms with Crippen molar-refractivity contribution in [2.45, 2.75) is 6.92 Å². The van der Waals surface area contributed by atoms with Crippen LogP contribution in [0.5, 0.6) is 5.75 Å². The molecule has 0 saturated heterocycles. The smallest absolute Gasteiger partial charge is 0.295 e. The molecule has 3 rings (SSSR count). The number of hydrogen-bond donors (Lipinski definition) is 1. The predicted molar refractivity (Wildman–Crippen MR) is 114 cm³/mol. The highest BCUT2D eigenvalue weighted by Crippen LogP contribution is 2.21. The Hall–Kier alpha value is -3.81. The molecular weight excluding hydrogens is 384 g/mol. The predicted octanol–water partition coefficient (Wildman–Crippen LogP) is 2.20. The van der Waals surface area contributed by atoms with Gasteiger partial charge in [-0.25, -0.2) is 4.68 Å². The van der Waals surface area contributed by atoms with Gasteiger partial charge in [0.1, 0.15) is 11.4 Å². The van der Waals surface area contributed by atoms with Gasteiger partial charge in [-0.05, 0) is 31.2 Å². The monoisotopic (exact) mass is 408 g/mol. The number of rotatable bonds is 6. The van der Waals surface area contributed by atoms with E-state index in [1.165, 1.54) is 9.58 Å². The number of para-hydroxylation sites is 2. The van der Waals surface area contributed by atoms with Crippen LogP contribution in [-0.2, 0) is 11.8 Å². The molecule has 0 aliphatic rings. The maximum atomic E-state index is 13.0. The van der Waals surface area contributed by atoms with Crippen LogP contribution in [0.15, 0.2) is 59.4 Å². The van der Waals surface area contributed by atoms with Crippen LogP contribution >= 0.6 is 0 Å². The van der Waals surface area contributed by atoms with E-state index >= 15 is 0 Å². The fourth-order valence-electron chi connectivity index (χ4n) is 2.94. The number of amides is 2. The van der Waals surface area contributed by atoms with Crippen LogP contribution in [0.25, 0.3) is 5.69 Å². The third-order valence-corrected chi connectivity index (χ3v) is 4.77. The second-order valence-electron chi connectivity index (χ2n) is 6.96. The second kappa shape index (κ2) is 8.69. The Labute approximate surface area is 174 Å². The highest BCUT2D eigenvalue weighted by molar-refractivity contribution is 6.06. The average Bonchev–Trinajstić information content (AvgIpc) is 2.95. The molecule has 156 valence electrons. The van der Waals surface area contributed by atoms with Crippen molar-refractivity contribution in [2.24, 2.45) is 7.05 Å². The Kier molecular flexibility index (Phi) is 6.06. The van der Waals surface area contributed by atoms with E-state index in [1.807, 2.05) is 30.3 Å². The first-order valence-electron chi connectivity index (χ1n) is 9.38. The molecule has 2 aromatic carbocycles. The number of nitrogens with one attached hydrogen (secondary N) is 1. The first kappa shape index (κ1) is 20.9. The number of benzene rings is 2. The number of hydrogen-bond acceptors (Lipinski definition) is 4. The molecule has 0 spiro atoms. The Bertz CT molecular complexity index is 1130. The molecule has 1 N–H and O–H groups in total. The molecule has 2 amide bonds. The minimum absolute atomic E-state index is 0.186. The van der Waals surface area contributed by atoms with Crippen molar-refractivity contribution < 1.29 is 14.3 Å². The van der Waals surface area contributed by atoms with Gasteiger partial charge >= 0.3 is 0 Å². The zero-order valence-electron chi connectivity index (χ0n) is 17.4. The summed E-state index contributed by atoms with van der Waals surface area (Å²) in [6, 6.07) is 15.8. The Morgan fingerprint density at radius 2 is 1.67 bits per heavy atom. The van der Waals surface area contributed by atoms with Crippen molar-refractivity contribution in [3.8, 4) is 11.4 Å². The highest BCUT2D eigenvalue weighted by Gasteiger charge is 2.21. The lowest BCUT2D eigenvalue weighted by molar-refractivity contribution is -0.130. The summed E-state index contributed by atoms with van der Waals surface area (Å²) in [6.07, 6.45) is 0. The molecule has 0 unspecified atom stereocenters. The lowest BCUT2D eigenvalue weighted by atomic mass is 10.2. The Balaban J connectivity index is 1.89. The zero-order chi connectivity index (χ0) is 21.8. The van der Waals surface area contributed by atoms with Crippen LogP contribution in [-0.4, -0.2) is 46.8 Å². The first-order valence-corrected chi connectivity index (χ1v) is 9.38. The fraction of sp³-hybridized carbons (Fsp3) is 0.227. The summed E-state index contributed by atoms with van der Waals surface area (Å²) < 4.78 is 8.71. The molecule has 8 nitrogen and oxygen atoms in total. The number of anilines is 1. The van der Waals surface area contributed by atoms with Crippen LogP contribution in [0.3, 0.4) is 0 Å². The van der Waals surface area contributed by atoms with E-state index in [0.29, 0.717) is 11.4 Å². The molecule has 0 aliphatic carbocycles. The molecule has 0 radical (unpaired) electrons. The van der Waals surface area contributed by atoms with Gasteiger partial charge in [0, 0.05) is 21.1 Å². The van der Waals surface area contributed by atoms with Crippen molar-refractivity contribution in [1.82, 2.24) is 14.3 Å². The lowest BCUT2D eigenvalue weighted by Gasteiger charge is -2.13. The van der Waals surface area contributed by atoms with Crippen LogP contribution in [0.4, 0.5) is 5.69 Å². The van der Waals surface area contributed by atoms with Crippen molar-refractivity contribution in [3.05, 3.63) is 76.2 Å². The van der Waals surface area contributed by atoms with Crippen molar-refractivity contribution in [2.75, 3.05) is 26.0 Å². The number of carbonyl (C=O) groups is 2. The average molecular weight is 408 g/mol.